The van der Waals surface area contributed by atoms with Gasteiger partial charge in [0.05, 0.1) is 16.5 Å². The number of carbonyl (C=O) groups excluding carboxylic acids is 1. The second-order valence-electron chi connectivity index (χ2n) is 4.96. The maximum Gasteiger partial charge on any atom is 0.407 e. The van der Waals surface area contributed by atoms with Crippen LogP contribution in [0.15, 0.2) is 24.3 Å². The van der Waals surface area contributed by atoms with Crippen LogP contribution in [0.25, 0.3) is 0 Å². The van der Waals surface area contributed by atoms with Crippen LogP contribution >= 0.6 is 0 Å². The number of nitrogens with one attached hydrogen (secondary N) is 1. The Morgan fingerprint density at radius 1 is 1.44 bits per heavy atom. The smallest absolute Gasteiger partial charge is 0.407 e. The summed E-state index contributed by atoms with van der Waals surface area (Å²) in [6.07, 6.45) is -0.544. The van der Waals surface area contributed by atoms with E-state index in [1.54, 1.807) is 18.2 Å². The quantitative estimate of drug-likeness (QED) is 0.645. The van der Waals surface area contributed by atoms with E-state index in [4.69, 9.17) is 4.74 Å². The molecular weight excluding hydrogens is 236 g/mol. The molecule has 1 fully saturated rings. The van der Waals surface area contributed by atoms with Crippen molar-refractivity contribution in [2.75, 3.05) is 6.61 Å². The van der Waals surface area contributed by atoms with Crippen LogP contribution in [0.5, 0.6) is 0 Å². The molecule has 1 aromatic rings. The zero-order chi connectivity index (χ0) is 13.3. The Bertz CT molecular complexity index is 499. The van der Waals surface area contributed by atoms with E-state index in [0.717, 1.165) is 0 Å². The molecule has 1 aliphatic heterocycles. The molecule has 2 rings (SSSR count). The van der Waals surface area contributed by atoms with E-state index < -0.39 is 22.5 Å². The summed E-state index contributed by atoms with van der Waals surface area (Å²) < 4.78 is 4.93. The van der Waals surface area contributed by atoms with Crippen molar-refractivity contribution < 1.29 is 14.5 Å². The number of cyclic esters (lactones) is 1. The molecule has 1 amide bonds. The molecule has 0 aromatic heterocycles. The molecule has 0 saturated carbocycles. The van der Waals surface area contributed by atoms with E-state index in [-0.39, 0.29) is 12.3 Å². The lowest BCUT2D eigenvalue weighted by Crippen LogP contribution is -2.47. The summed E-state index contributed by atoms with van der Waals surface area (Å²) in [6.45, 7) is 4.03. The highest BCUT2D eigenvalue weighted by Gasteiger charge is 2.40. The van der Waals surface area contributed by atoms with Crippen LogP contribution in [-0.4, -0.2) is 17.6 Å². The molecule has 0 aliphatic carbocycles. The fourth-order valence-corrected chi connectivity index (χ4v) is 2.09. The van der Waals surface area contributed by atoms with Gasteiger partial charge in [-0.3, -0.25) is 10.1 Å². The van der Waals surface area contributed by atoms with Gasteiger partial charge >= 0.3 is 6.09 Å². The Hall–Kier alpha value is -2.11. The standard InChI is InChI=1S/C12H14N2O4/c1-12(2)7-18-11(15)13-10(12)8-5-3-4-6-9(8)14(16)17/h3-6,10H,7H2,1-2H3,(H,13,15)/t10-/m1/s1. The van der Waals surface area contributed by atoms with Gasteiger partial charge in [-0.15, -0.1) is 0 Å². The van der Waals surface area contributed by atoms with E-state index >= 15 is 0 Å². The molecule has 6 heteroatoms. The second-order valence-corrected chi connectivity index (χ2v) is 4.96. The fourth-order valence-electron chi connectivity index (χ4n) is 2.09. The molecule has 1 saturated heterocycles. The molecule has 0 unspecified atom stereocenters. The number of nitro benzene ring substituents is 1. The number of rotatable bonds is 2. The minimum atomic E-state index is -0.544. The normalized spacial score (nSPS) is 21.9. The number of amides is 1. The average Bonchev–Trinajstić information content (AvgIpc) is 2.32. The van der Waals surface area contributed by atoms with E-state index in [9.17, 15) is 14.9 Å². The number of alkyl carbamates (subject to hydrolysis) is 1. The number of carbonyl (C=O) groups is 1. The van der Waals surface area contributed by atoms with Crippen molar-refractivity contribution in [1.82, 2.24) is 5.32 Å². The predicted octanol–water partition coefficient (Wildman–Crippen LogP) is 2.40. The van der Waals surface area contributed by atoms with Gasteiger partial charge in [0.15, 0.2) is 0 Å². The summed E-state index contributed by atoms with van der Waals surface area (Å²) in [7, 11) is 0. The number of hydrogen-bond donors (Lipinski definition) is 1. The minimum absolute atomic E-state index is 0.0118. The van der Waals surface area contributed by atoms with Crippen molar-refractivity contribution in [2.24, 2.45) is 5.41 Å². The number of hydrogen-bond acceptors (Lipinski definition) is 4. The van der Waals surface area contributed by atoms with Crippen LogP contribution in [-0.2, 0) is 4.74 Å². The van der Waals surface area contributed by atoms with Crippen LogP contribution in [0.2, 0.25) is 0 Å². The largest absolute Gasteiger partial charge is 0.449 e. The van der Waals surface area contributed by atoms with Crippen molar-refractivity contribution in [2.45, 2.75) is 19.9 Å². The van der Waals surface area contributed by atoms with Crippen LogP contribution in [0.3, 0.4) is 0 Å². The third-order valence-electron chi connectivity index (χ3n) is 3.06. The monoisotopic (exact) mass is 250 g/mol. The molecule has 0 bridgehead atoms. The zero-order valence-electron chi connectivity index (χ0n) is 10.2. The van der Waals surface area contributed by atoms with Gasteiger partial charge in [0.1, 0.15) is 6.61 Å². The molecule has 1 aromatic carbocycles. The summed E-state index contributed by atoms with van der Waals surface area (Å²) in [5.74, 6) is 0. The fraction of sp³-hybridized carbons (Fsp3) is 0.417. The van der Waals surface area contributed by atoms with Crippen molar-refractivity contribution >= 4 is 11.8 Å². The molecule has 1 aliphatic rings. The molecule has 1 heterocycles. The second kappa shape index (κ2) is 4.29. The summed E-state index contributed by atoms with van der Waals surface area (Å²) in [5.41, 5.74) is 0.113. The van der Waals surface area contributed by atoms with Crippen LogP contribution in [0.4, 0.5) is 10.5 Å². The Morgan fingerprint density at radius 2 is 2.11 bits per heavy atom. The van der Waals surface area contributed by atoms with Crippen molar-refractivity contribution in [3.05, 3.63) is 39.9 Å². The predicted molar refractivity (Wildman–Crippen MR) is 64.1 cm³/mol. The average molecular weight is 250 g/mol. The van der Waals surface area contributed by atoms with Gasteiger partial charge in [-0.05, 0) is 0 Å². The molecule has 0 spiro atoms. The number of para-hydroxylation sites is 1. The van der Waals surface area contributed by atoms with Crippen LogP contribution in [0, 0.1) is 15.5 Å². The molecule has 96 valence electrons. The summed E-state index contributed by atoms with van der Waals surface area (Å²) in [5, 5.41) is 13.7. The Balaban J connectivity index is 2.46. The highest BCUT2D eigenvalue weighted by Crippen LogP contribution is 2.39. The first-order valence-electron chi connectivity index (χ1n) is 5.58. The summed E-state index contributed by atoms with van der Waals surface area (Å²) in [4.78, 5) is 21.9. The Labute approximate surface area is 104 Å². The molecule has 1 atom stereocenters. The third kappa shape index (κ3) is 2.13. The van der Waals surface area contributed by atoms with Crippen molar-refractivity contribution in [3.63, 3.8) is 0 Å². The van der Waals surface area contributed by atoms with Crippen molar-refractivity contribution in [3.8, 4) is 0 Å². The number of ether oxygens (including phenoxy) is 1. The van der Waals surface area contributed by atoms with Gasteiger partial charge in [0.25, 0.3) is 5.69 Å². The van der Waals surface area contributed by atoms with E-state index in [1.807, 2.05) is 13.8 Å². The van der Waals surface area contributed by atoms with Gasteiger partial charge in [0, 0.05) is 11.5 Å². The van der Waals surface area contributed by atoms with Gasteiger partial charge in [-0.2, -0.15) is 0 Å². The van der Waals surface area contributed by atoms with Crippen LogP contribution in [0.1, 0.15) is 25.5 Å². The highest BCUT2D eigenvalue weighted by molar-refractivity contribution is 5.69. The first kappa shape index (κ1) is 12.3. The summed E-state index contributed by atoms with van der Waals surface area (Å²) >= 11 is 0. The van der Waals surface area contributed by atoms with E-state index in [2.05, 4.69) is 5.32 Å². The minimum Gasteiger partial charge on any atom is -0.449 e. The van der Waals surface area contributed by atoms with Gasteiger partial charge in [-0.25, -0.2) is 4.79 Å². The number of nitrogens with zero attached hydrogens (tertiary/aromatic N) is 1. The Morgan fingerprint density at radius 3 is 2.78 bits per heavy atom. The SMILES string of the molecule is CC1(C)COC(=O)N[C@@H]1c1ccccc1[N+](=O)[O-]. The lowest BCUT2D eigenvalue weighted by Gasteiger charge is -2.38. The zero-order valence-corrected chi connectivity index (χ0v) is 10.2. The first-order chi connectivity index (χ1) is 8.42. The maximum atomic E-state index is 11.3. The van der Waals surface area contributed by atoms with E-state index in [0.29, 0.717) is 5.56 Å². The maximum absolute atomic E-state index is 11.3. The number of nitro groups is 1. The van der Waals surface area contributed by atoms with Gasteiger partial charge in [0.2, 0.25) is 0 Å². The van der Waals surface area contributed by atoms with Crippen molar-refractivity contribution in [1.29, 1.82) is 0 Å². The third-order valence-corrected chi connectivity index (χ3v) is 3.06. The first-order valence-corrected chi connectivity index (χ1v) is 5.58. The highest BCUT2D eigenvalue weighted by atomic mass is 16.6. The Kier molecular flexibility index (Phi) is 2.94. The van der Waals surface area contributed by atoms with E-state index in [1.165, 1.54) is 6.07 Å². The molecule has 6 nitrogen and oxygen atoms in total. The van der Waals surface area contributed by atoms with Gasteiger partial charge in [-0.1, -0.05) is 32.0 Å². The summed E-state index contributed by atoms with van der Waals surface area (Å²) in [6, 6.07) is 6.00. The lowest BCUT2D eigenvalue weighted by atomic mass is 9.80. The topological polar surface area (TPSA) is 81.5 Å². The van der Waals surface area contributed by atoms with Gasteiger partial charge < -0.3 is 10.1 Å². The lowest BCUT2D eigenvalue weighted by molar-refractivity contribution is -0.386. The molecule has 18 heavy (non-hydrogen) atoms. The number of benzene rings is 1. The molecular formula is C12H14N2O4. The molecule has 1 N–H and O–H groups in total. The molecule has 0 radical (unpaired) electrons. The van der Waals surface area contributed by atoms with Crippen LogP contribution < -0.4 is 5.32 Å².